The van der Waals surface area contributed by atoms with E-state index in [-0.39, 0.29) is 11.9 Å². The summed E-state index contributed by atoms with van der Waals surface area (Å²) in [5, 5.41) is 6.37. The number of amides is 1. The minimum atomic E-state index is -0.230. The summed E-state index contributed by atoms with van der Waals surface area (Å²) in [6, 6.07) is 8.77. The number of hydrogen-bond donors (Lipinski definition) is 3. The Hall–Kier alpha value is -4.19. The molecule has 1 unspecified atom stereocenters. The second-order valence-electron chi connectivity index (χ2n) is 7.95. The van der Waals surface area contributed by atoms with Gasteiger partial charge in [-0.05, 0) is 30.7 Å². The van der Waals surface area contributed by atoms with Gasteiger partial charge < -0.3 is 30.7 Å². The largest absolute Gasteiger partial charge is 0.493 e. The van der Waals surface area contributed by atoms with E-state index in [1.807, 2.05) is 18.2 Å². The van der Waals surface area contributed by atoms with Crippen LogP contribution in [0.1, 0.15) is 16.9 Å². The monoisotopic (exact) mass is 492 g/mol. The van der Waals surface area contributed by atoms with E-state index in [1.54, 1.807) is 31.9 Å². The maximum Gasteiger partial charge on any atom is 0.270 e. The van der Waals surface area contributed by atoms with Crippen LogP contribution in [0.4, 0.5) is 23.1 Å². The quantitative estimate of drug-likeness (QED) is 0.353. The molecule has 1 atom stereocenters. The Bertz CT molecular complexity index is 1360. The minimum Gasteiger partial charge on any atom is -0.493 e. The number of rotatable bonds is 7. The first-order valence-corrected chi connectivity index (χ1v) is 11.8. The Morgan fingerprint density at radius 3 is 2.77 bits per heavy atom. The molecule has 12 heteroatoms. The minimum absolute atomic E-state index is 0.0510. The molecule has 1 amide bonds. The zero-order valence-electron chi connectivity index (χ0n) is 19.2. The number of carbonyl (C=O) groups excluding carboxylic acids is 1. The summed E-state index contributed by atoms with van der Waals surface area (Å²) in [6.45, 7) is 1.29. The van der Waals surface area contributed by atoms with Gasteiger partial charge in [-0.1, -0.05) is 0 Å². The van der Waals surface area contributed by atoms with Crippen LogP contribution in [-0.2, 0) is 0 Å². The highest BCUT2D eigenvalue weighted by Gasteiger charge is 2.27. The lowest BCUT2D eigenvalue weighted by Gasteiger charge is -2.18. The van der Waals surface area contributed by atoms with Crippen LogP contribution in [0.2, 0.25) is 0 Å². The number of carbonyl (C=O) groups is 1. The van der Waals surface area contributed by atoms with Crippen molar-refractivity contribution in [2.45, 2.75) is 12.5 Å². The summed E-state index contributed by atoms with van der Waals surface area (Å²) in [5.41, 5.74) is 9.72. The fourth-order valence-electron chi connectivity index (χ4n) is 3.89. The molecule has 0 spiro atoms. The van der Waals surface area contributed by atoms with E-state index in [9.17, 15) is 4.79 Å². The molecule has 1 saturated heterocycles. The van der Waals surface area contributed by atoms with Crippen LogP contribution >= 0.6 is 11.3 Å². The molecule has 1 aliphatic rings. The number of nitrogens with one attached hydrogen (secondary N) is 2. The van der Waals surface area contributed by atoms with Gasteiger partial charge in [-0.2, -0.15) is 9.97 Å². The SMILES string of the molecule is COc1ccc(Nc2nc(N3CCC(NC(=O)c4ccc(N)cn4)C3)nc3scnc23)cc1OC. The van der Waals surface area contributed by atoms with Gasteiger partial charge in [-0.25, -0.2) is 9.97 Å². The molecule has 35 heavy (non-hydrogen) atoms. The zero-order valence-corrected chi connectivity index (χ0v) is 20.0. The number of anilines is 4. The maximum absolute atomic E-state index is 12.6. The Morgan fingerprint density at radius 2 is 2.00 bits per heavy atom. The van der Waals surface area contributed by atoms with E-state index >= 15 is 0 Å². The normalized spacial score (nSPS) is 15.3. The van der Waals surface area contributed by atoms with Gasteiger partial charge in [0.15, 0.2) is 22.1 Å². The molecule has 11 nitrogen and oxygen atoms in total. The number of aromatic nitrogens is 4. The number of nitrogens with zero attached hydrogens (tertiary/aromatic N) is 5. The summed E-state index contributed by atoms with van der Waals surface area (Å²) in [4.78, 5) is 33.4. The van der Waals surface area contributed by atoms with Gasteiger partial charge in [0.05, 0.1) is 31.6 Å². The first kappa shape index (κ1) is 22.6. The second kappa shape index (κ2) is 9.58. The van der Waals surface area contributed by atoms with Crippen molar-refractivity contribution in [1.29, 1.82) is 0 Å². The third-order valence-corrected chi connectivity index (χ3v) is 6.38. The number of ether oxygens (including phenoxy) is 2. The molecule has 1 aromatic carbocycles. The molecule has 3 aromatic heterocycles. The summed E-state index contributed by atoms with van der Waals surface area (Å²) >= 11 is 1.45. The van der Waals surface area contributed by atoms with Crippen molar-refractivity contribution in [1.82, 2.24) is 25.3 Å². The van der Waals surface area contributed by atoms with E-state index in [0.717, 1.165) is 16.9 Å². The molecule has 0 aliphatic carbocycles. The van der Waals surface area contributed by atoms with E-state index in [2.05, 4.69) is 25.5 Å². The van der Waals surface area contributed by atoms with Crippen LogP contribution in [0, 0.1) is 0 Å². The van der Waals surface area contributed by atoms with Crippen molar-refractivity contribution < 1.29 is 14.3 Å². The Morgan fingerprint density at radius 1 is 1.14 bits per heavy atom. The average molecular weight is 493 g/mol. The number of pyridine rings is 1. The topological polar surface area (TPSA) is 140 Å². The van der Waals surface area contributed by atoms with Crippen LogP contribution in [0.25, 0.3) is 10.3 Å². The Labute approximate surface area is 205 Å². The molecule has 0 saturated carbocycles. The highest BCUT2D eigenvalue weighted by atomic mass is 32.1. The fourth-order valence-corrected chi connectivity index (χ4v) is 4.54. The van der Waals surface area contributed by atoms with Crippen molar-refractivity contribution in [3.8, 4) is 11.5 Å². The van der Waals surface area contributed by atoms with Crippen molar-refractivity contribution >= 4 is 50.7 Å². The lowest BCUT2D eigenvalue weighted by atomic mass is 10.2. The van der Waals surface area contributed by atoms with E-state index in [0.29, 0.717) is 53.3 Å². The number of nitrogen functional groups attached to an aromatic ring is 1. The third-order valence-electron chi connectivity index (χ3n) is 5.66. The lowest BCUT2D eigenvalue weighted by Crippen LogP contribution is -2.37. The van der Waals surface area contributed by atoms with Crippen LogP contribution < -0.4 is 30.7 Å². The molecule has 4 heterocycles. The molecular weight excluding hydrogens is 468 g/mol. The van der Waals surface area contributed by atoms with Crippen molar-refractivity contribution in [2.24, 2.45) is 0 Å². The molecule has 5 rings (SSSR count). The van der Waals surface area contributed by atoms with Crippen LogP contribution in [0.3, 0.4) is 0 Å². The molecule has 1 aliphatic heterocycles. The van der Waals surface area contributed by atoms with Gasteiger partial charge in [-0.3, -0.25) is 4.79 Å². The first-order chi connectivity index (χ1) is 17.0. The second-order valence-corrected chi connectivity index (χ2v) is 8.79. The third kappa shape index (κ3) is 4.73. The smallest absolute Gasteiger partial charge is 0.270 e. The number of fused-ring (bicyclic) bond motifs is 1. The maximum atomic E-state index is 12.6. The summed E-state index contributed by atoms with van der Waals surface area (Å²) in [7, 11) is 3.19. The highest BCUT2D eigenvalue weighted by Crippen LogP contribution is 2.33. The van der Waals surface area contributed by atoms with Gasteiger partial charge >= 0.3 is 0 Å². The van der Waals surface area contributed by atoms with Crippen molar-refractivity contribution in [2.75, 3.05) is 43.3 Å². The molecule has 0 radical (unpaired) electrons. The standard InChI is InChI=1S/C23H24N8O3S/c1-33-17-6-4-14(9-18(17)34-2)27-20-19-22(35-12-26-19)30-23(29-20)31-8-7-15(11-31)28-21(32)16-5-3-13(24)10-25-16/h3-6,9-10,12,15H,7-8,11,24H2,1-2H3,(H,28,32)(H,27,29,30). The first-order valence-electron chi connectivity index (χ1n) is 10.9. The van der Waals surface area contributed by atoms with Crippen molar-refractivity contribution in [3.63, 3.8) is 0 Å². The van der Waals surface area contributed by atoms with Gasteiger partial charge in [-0.15, -0.1) is 11.3 Å². The Balaban J connectivity index is 1.34. The Kier molecular flexibility index (Phi) is 6.19. The van der Waals surface area contributed by atoms with Gasteiger partial charge in [0, 0.05) is 30.9 Å². The summed E-state index contributed by atoms with van der Waals surface area (Å²) in [6.07, 6.45) is 2.24. The zero-order chi connectivity index (χ0) is 24.4. The summed E-state index contributed by atoms with van der Waals surface area (Å²) < 4.78 is 10.7. The molecule has 180 valence electrons. The van der Waals surface area contributed by atoms with Gasteiger partial charge in [0.2, 0.25) is 5.95 Å². The van der Waals surface area contributed by atoms with Crippen LogP contribution in [-0.4, -0.2) is 59.2 Å². The number of methoxy groups -OCH3 is 2. The summed E-state index contributed by atoms with van der Waals surface area (Å²) in [5.74, 6) is 2.19. The van der Waals surface area contributed by atoms with Gasteiger partial charge in [0.25, 0.3) is 5.91 Å². The average Bonchev–Trinajstić information content (AvgIpc) is 3.54. The predicted octanol–water partition coefficient (Wildman–Crippen LogP) is 2.83. The van der Waals surface area contributed by atoms with E-state index in [1.165, 1.54) is 17.5 Å². The molecule has 4 aromatic rings. The van der Waals surface area contributed by atoms with E-state index < -0.39 is 0 Å². The van der Waals surface area contributed by atoms with E-state index in [4.69, 9.17) is 25.2 Å². The number of hydrogen-bond acceptors (Lipinski definition) is 11. The molecule has 4 N–H and O–H groups in total. The van der Waals surface area contributed by atoms with Gasteiger partial charge in [0.1, 0.15) is 11.2 Å². The fraction of sp³-hybridized carbons (Fsp3) is 0.261. The molecule has 0 bridgehead atoms. The number of nitrogens with two attached hydrogens (primary N) is 1. The number of benzene rings is 1. The number of thiazole rings is 1. The molecule has 1 fully saturated rings. The molecular formula is C23H24N8O3S. The predicted molar refractivity (Wildman–Crippen MR) is 135 cm³/mol. The lowest BCUT2D eigenvalue weighted by molar-refractivity contribution is 0.0935. The highest BCUT2D eigenvalue weighted by molar-refractivity contribution is 7.16. The van der Waals surface area contributed by atoms with Crippen LogP contribution in [0.15, 0.2) is 42.0 Å². The van der Waals surface area contributed by atoms with Crippen molar-refractivity contribution in [3.05, 3.63) is 47.7 Å². The van der Waals surface area contributed by atoms with Crippen LogP contribution in [0.5, 0.6) is 11.5 Å².